The van der Waals surface area contributed by atoms with Crippen LogP contribution in [0.25, 0.3) is 11.4 Å². The fourth-order valence-corrected chi connectivity index (χ4v) is 3.17. The summed E-state index contributed by atoms with van der Waals surface area (Å²) in [5.41, 5.74) is 0.869. The lowest BCUT2D eigenvalue weighted by molar-refractivity contribution is 0.594. The molecule has 3 aromatic rings. The molecule has 0 saturated heterocycles. The first-order valence-corrected chi connectivity index (χ1v) is 8.05. The van der Waals surface area contributed by atoms with E-state index < -0.39 is 9.84 Å². The minimum absolute atomic E-state index is 0.222. The molecule has 0 fully saturated rings. The molecule has 0 radical (unpaired) electrons. The van der Waals surface area contributed by atoms with E-state index in [1.54, 1.807) is 30.3 Å². The van der Waals surface area contributed by atoms with Gasteiger partial charge in [-0.2, -0.15) is 5.10 Å². The number of rotatable bonds is 4. The molecule has 3 rings (SSSR count). The number of H-pyrrole nitrogens is 1. The van der Waals surface area contributed by atoms with Gasteiger partial charge >= 0.3 is 0 Å². The molecule has 0 atom stereocenters. The van der Waals surface area contributed by atoms with Crippen LogP contribution in [-0.2, 0) is 15.6 Å². The number of hydrogen-bond acceptors (Lipinski definition) is 4. The zero-order chi connectivity index (χ0) is 14.7. The van der Waals surface area contributed by atoms with Gasteiger partial charge in [0.25, 0.3) is 0 Å². The fourth-order valence-electron chi connectivity index (χ4n) is 1.97. The highest BCUT2D eigenvalue weighted by molar-refractivity contribution is 7.90. The Bertz CT molecular complexity index is 828. The summed E-state index contributed by atoms with van der Waals surface area (Å²) in [5.74, 6) is 0.604. The van der Waals surface area contributed by atoms with Gasteiger partial charge in [0.15, 0.2) is 21.5 Å². The molecular formula is C15H13N3O2S. The second-order valence-electron chi connectivity index (χ2n) is 4.54. The molecule has 0 unspecified atom stereocenters. The summed E-state index contributed by atoms with van der Waals surface area (Å²) >= 11 is 0. The van der Waals surface area contributed by atoms with Gasteiger partial charge in [0.05, 0.1) is 4.90 Å². The lowest BCUT2D eigenvalue weighted by Gasteiger charge is -2.00. The average Bonchev–Trinajstić information content (AvgIpc) is 2.97. The summed E-state index contributed by atoms with van der Waals surface area (Å²) in [6.45, 7) is 0. The van der Waals surface area contributed by atoms with Crippen LogP contribution in [0.2, 0.25) is 0 Å². The highest BCUT2D eigenvalue weighted by Crippen LogP contribution is 2.17. The molecule has 0 amide bonds. The molecule has 0 aliphatic carbocycles. The topological polar surface area (TPSA) is 75.7 Å². The Morgan fingerprint density at radius 1 is 0.905 bits per heavy atom. The number of benzene rings is 2. The lowest BCUT2D eigenvalue weighted by Crippen LogP contribution is -2.06. The lowest BCUT2D eigenvalue weighted by atomic mass is 10.2. The first-order chi connectivity index (χ1) is 10.1. The van der Waals surface area contributed by atoms with Crippen LogP contribution in [0.5, 0.6) is 0 Å². The van der Waals surface area contributed by atoms with E-state index in [0.717, 1.165) is 5.56 Å². The molecule has 2 aromatic carbocycles. The summed E-state index contributed by atoms with van der Waals surface area (Å²) < 4.78 is 24.5. The number of sulfone groups is 1. The second-order valence-corrected chi connectivity index (χ2v) is 6.53. The normalized spacial score (nSPS) is 11.4. The van der Waals surface area contributed by atoms with Gasteiger partial charge in [0.2, 0.25) is 0 Å². The molecule has 0 aliphatic rings. The van der Waals surface area contributed by atoms with Crippen LogP contribution in [0, 0.1) is 0 Å². The largest absolute Gasteiger partial charge is 0.259 e. The summed E-state index contributed by atoms with van der Waals surface area (Å²) in [6.07, 6.45) is 0. The summed E-state index contributed by atoms with van der Waals surface area (Å²) in [6, 6.07) is 17.8. The van der Waals surface area contributed by atoms with Gasteiger partial charge in [-0.15, -0.1) is 0 Å². The van der Waals surface area contributed by atoms with Gasteiger partial charge < -0.3 is 0 Å². The van der Waals surface area contributed by atoms with Crippen LogP contribution in [0.1, 0.15) is 5.82 Å². The molecule has 21 heavy (non-hydrogen) atoms. The van der Waals surface area contributed by atoms with Crippen LogP contribution < -0.4 is 0 Å². The van der Waals surface area contributed by atoms with E-state index in [0.29, 0.717) is 5.82 Å². The highest BCUT2D eigenvalue weighted by atomic mass is 32.2. The third-order valence-corrected chi connectivity index (χ3v) is 4.63. The van der Waals surface area contributed by atoms with Gasteiger partial charge in [0, 0.05) is 5.56 Å². The van der Waals surface area contributed by atoms with Crippen molar-refractivity contribution < 1.29 is 8.42 Å². The molecule has 1 aromatic heterocycles. The van der Waals surface area contributed by atoms with Crippen molar-refractivity contribution in [3.63, 3.8) is 0 Å². The highest BCUT2D eigenvalue weighted by Gasteiger charge is 2.18. The molecular weight excluding hydrogens is 286 g/mol. The molecule has 5 nitrogen and oxygen atoms in total. The van der Waals surface area contributed by atoms with Crippen LogP contribution in [-0.4, -0.2) is 23.6 Å². The molecule has 106 valence electrons. The third kappa shape index (κ3) is 3.00. The van der Waals surface area contributed by atoms with Gasteiger partial charge in [0.1, 0.15) is 5.75 Å². The first kappa shape index (κ1) is 13.5. The number of aromatic nitrogens is 3. The van der Waals surface area contributed by atoms with E-state index in [4.69, 9.17) is 0 Å². The van der Waals surface area contributed by atoms with Crippen molar-refractivity contribution >= 4 is 9.84 Å². The number of nitrogens with one attached hydrogen (secondary N) is 1. The summed E-state index contributed by atoms with van der Waals surface area (Å²) in [4.78, 5) is 4.52. The Kier molecular flexibility index (Phi) is 3.53. The number of hydrogen-bond donors (Lipinski definition) is 1. The van der Waals surface area contributed by atoms with Crippen molar-refractivity contribution in [2.45, 2.75) is 10.6 Å². The van der Waals surface area contributed by atoms with Crippen molar-refractivity contribution in [3.05, 3.63) is 66.5 Å². The standard InChI is InChI=1S/C15H13N3O2S/c19-21(20,13-9-5-2-6-10-13)11-14-16-15(18-17-14)12-7-3-1-4-8-12/h1-10H,11H2,(H,16,17,18). The summed E-state index contributed by atoms with van der Waals surface area (Å²) in [7, 11) is -3.43. The third-order valence-electron chi connectivity index (χ3n) is 3.00. The van der Waals surface area contributed by atoms with Crippen molar-refractivity contribution in [1.29, 1.82) is 0 Å². The van der Waals surface area contributed by atoms with Gasteiger partial charge in [-0.25, -0.2) is 13.4 Å². The van der Waals surface area contributed by atoms with Crippen LogP contribution >= 0.6 is 0 Å². The maximum Gasteiger partial charge on any atom is 0.185 e. The van der Waals surface area contributed by atoms with Crippen LogP contribution in [0.4, 0.5) is 0 Å². The Morgan fingerprint density at radius 3 is 2.19 bits per heavy atom. The fraction of sp³-hybridized carbons (Fsp3) is 0.0667. The molecule has 1 N–H and O–H groups in total. The van der Waals surface area contributed by atoms with Crippen molar-refractivity contribution in [2.75, 3.05) is 0 Å². The zero-order valence-electron chi connectivity index (χ0n) is 11.1. The molecule has 1 heterocycles. The van der Waals surface area contributed by atoms with Crippen LogP contribution in [0.3, 0.4) is 0 Å². The van der Waals surface area contributed by atoms with E-state index in [9.17, 15) is 8.42 Å². The van der Waals surface area contributed by atoms with E-state index in [-0.39, 0.29) is 16.5 Å². The van der Waals surface area contributed by atoms with Crippen molar-refractivity contribution in [1.82, 2.24) is 15.2 Å². The molecule has 0 spiro atoms. The van der Waals surface area contributed by atoms with Crippen LogP contribution in [0.15, 0.2) is 65.6 Å². The number of nitrogens with zero attached hydrogens (tertiary/aromatic N) is 2. The first-order valence-electron chi connectivity index (χ1n) is 6.40. The Morgan fingerprint density at radius 2 is 1.52 bits per heavy atom. The quantitative estimate of drug-likeness (QED) is 0.803. The second kappa shape index (κ2) is 5.49. The van der Waals surface area contributed by atoms with Gasteiger partial charge in [-0.3, -0.25) is 5.10 Å². The molecule has 0 bridgehead atoms. The summed E-state index contributed by atoms with van der Waals surface area (Å²) in [5, 5.41) is 6.76. The monoisotopic (exact) mass is 299 g/mol. The van der Waals surface area contributed by atoms with E-state index in [1.165, 1.54) is 0 Å². The zero-order valence-corrected chi connectivity index (χ0v) is 11.9. The predicted molar refractivity (Wildman–Crippen MR) is 79.2 cm³/mol. The van der Waals surface area contributed by atoms with Gasteiger partial charge in [-0.1, -0.05) is 48.5 Å². The van der Waals surface area contributed by atoms with E-state index in [2.05, 4.69) is 15.2 Å². The Hall–Kier alpha value is -2.47. The average molecular weight is 299 g/mol. The minimum Gasteiger partial charge on any atom is -0.259 e. The van der Waals surface area contributed by atoms with E-state index in [1.807, 2.05) is 30.3 Å². The van der Waals surface area contributed by atoms with Crippen molar-refractivity contribution in [2.24, 2.45) is 0 Å². The number of aromatic amines is 1. The molecule has 6 heteroatoms. The van der Waals surface area contributed by atoms with Crippen molar-refractivity contribution in [3.8, 4) is 11.4 Å². The maximum atomic E-state index is 12.3. The maximum absolute atomic E-state index is 12.3. The molecule has 0 aliphatic heterocycles. The predicted octanol–water partition coefficient (Wildman–Crippen LogP) is 2.45. The SMILES string of the molecule is O=S(=O)(Cc1n[nH]c(-c2ccccc2)n1)c1ccccc1. The molecule has 0 saturated carbocycles. The van der Waals surface area contributed by atoms with Gasteiger partial charge in [-0.05, 0) is 12.1 Å². The van der Waals surface area contributed by atoms with E-state index >= 15 is 0 Å². The Labute approximate surface area is 122 Å². The Balaban J connectivity index is 1.85. The minimum atomic E-state index is -3.43. The smallest absolute Gasteiger partial charge is 0.185 e.